The van der Waals surface area contributed by atoms with Gasteiger partial charge in [0.25, 0.3) is 0 Å². The van der Waals surface area contributed by atoms with E-state index in [1.54, 1.807) is 36.4 Å². The highest BCUT2D eigenvalue weighted by atomic mass is 127. The highest BCUT2D eigenvalue weighted by Gasteiger charge is 2.24. The van der Waals surface area contributed by atoms with Gasteiger partial charge in [-0.3, -0.25) is 4.79 Å². The predicted molar refractivity (Wildman–Crippen MR) is 38.8 cm³/mol. The van der Waals surface area contributed by atoms with Crippen molar-refractivity contribution >= 4 is 26.4 Å². The first-order valence-electron chi connectivity index (χ1n) is 2.26. The Hall–Kier alpha value is 0.330. The average molecular weight is 230 g/mol. The second kappa shape index (κ2) is 2.75. The first-order chi connectivity index (χ1) is 3.50. The minimum absolute atomic E-state index is 0.127. The summed E-state index contributed by atoms with van der Waals surface area (Å²) in [6.45, 7) is 2.60. The molecule has 0 aliphatic heterocycles. The number of carbonyl (C=O) groups is 1. The third-order valence-corrected chi connectivity index (χ3v) is 2.33. The van der Waals surface area contributed by atoms with Gasteiger partial charge in [-0.1, -0.05) is 0 Å². The molecule has 0 spiro atoms. The fourth-order valence-corrected chi connectivity index (χ4v) is 0.197. The van der Waals surface area contributed by atoms with E-state index in [-0.39, 0.29) is 3.79 Å². The minimum atomic E-state index is -0.777. The Balaban J connectivity index is 3.91. The van der Waals surface area contributed by atoms with Gasteiger partial charge in [0.1, 0.15) is 6.67 Å². The van der Waals surface area contributed by atoms with E-state index in [0.29, 0.717) is 0 Å². The molecule has 0 bridgehead atoms. The first-order valence-corrected chi connectivity index (χ1v) is 3.34. The predicted octanol–water partition coefficient (Wildman–Crippen LogP) is 1.94. The largest absolute Gasteiger partial charge is 0.287 e. The van der Waals surface area contributed by atoms with Crippen LogP contribution >= 0.6 is 22.6 Å². The molecule has 0 aromatic rings. The van der Waals surface area contributed by atoms with Crippen LogP contribution in [0.2, 0.25) is 0 Å². The summed E-state index contributed by atoms with van der Waals surface area (Å²) >= 11 is 1.61. The summed E-state index contributed by atoms with van der Waals surface area (Å²) in [4.78, 5) is 10.4. The summed E-state index contributed by atoms with van der Waals surface area (Å²) in [6, 6.07) is 0. The lowest BCUT2D eigenvalue weighted by atomic mass is 9.99. The molecular formula is C5H8FIO. The fraction of sp³-hybridized carbons (Fsp3) is 0.800. The maximum absolute atomic E-state index is 11.8. The molecule has 0 fully saturated rings. The van der Waals surface area contributed by atoms with Gasteiger partial charge in [0.2, 0.25) is 3.79 Å². The maximum Gasteiger partial charge on any atom is 0.200 e. The van der Waals surface area contributed by atoms with Crippen LogP contribution in [0, 0.1) is 5.41 Å². The molecule has 48 valence electrons. The van der Waals surface area contributed by atoms with Crippen molar-refractivity contribution < 1.29 is 9.18 Å². The third kappa shape index (κ3) is 2.07. The molecule has 0 aromatic carbocycles. The van der Waals surface area contributed by atoms with Crippen LogP contribution in [0.15, 0.2) is 0 Å². The number of alkyl halides is 1. The van der Waals surface area contributed by atoms with Gasteiger partial charge in [0.15, 0.2) is 0 Å². The van der Waals surface area contributed by atoms with Crippen molar-refractivity contribution in [1.29, 1.82) is 0 Å². The fourth-order valence-electron chi connectivity index (χ4n) is 0.0525. The smallest absolute Gasteiger partial charge is 0.200 e. The Morgan fingerprint density at radius 1 is 1.75 bits per heavy atom. The summed E-state index contributed by atoms with van der Waals surface area (Å²) in [7, 11) is 0. The van der Waals surface area contributed by atoms with Gasteiger partial charge in [-0.15, -0.1) is 0 Å². The van der Waals surface area contributed by atoms with Gasteiger partial charge >= 0.3 is 0 Å². The van der Waals surface area contributed by atoms with E-state index < -0.39 is 12.1 Å². The van der Waals surface area contributed by atoms with E-state index in [1.165, 1.54) is 0 Å². The van der Waals surface area contributed by atoms with E-state index in [9.17, 15) is 9.18 Å². The van der Waals surface area contributed by atoms with Crippen molar-refractivity contribution in [2.45, 2.75) is 13.8 Å². The van der Waals surface area contributed by atoms with Gasteiger partial charge in [-0.2, -0.15) is 0 Å². The summed E-state index contributed by atoms with van der Waals surface area (Å²) < 4.78 is 11.7. The summed E-state index contributed by atoms with van der Waals surface area (Å²) in [5, 5.41) is 0. The Kier molecular flexibility index (Phi) is 2.87. The Labute approximate surface area is 61.8 Å². The van der Waals surface area contributed by atoms with Gasteiger partial charge in [0.05, 0.1) is 5.41 Å². The monoisotopic (exact) mass is 230 g/mol. The molecule has 0 amide bonds. The van der Waals surface area contributed by atoms with Gasteiger partial charge in [0, 0.05) is 22.6 Å². The quantitative estimate of drug-likeness (QED) is 0.523. The normalized spacial score (nSPS) is 11.5. The molecule has 0 radical (unpaired) electrons. The Morgan fingerprint density at radius 2 is 2.12 bits per heavy atom. The van der Waals surface area contributed by atoms with Crippen LogP contribution in [0.25, 0.3) is 0 Å². The van der Waals surface area contributed by atoms with E-state index in [0.717, 1.165) is 0 Å². The van der Waals surface area contributed by atoms with Crippen LogP contribution in [0.4, 0.5) is 4.39 Å². The molecule has 0 unspecified atom stereocenters. The van der Waals surface area contributed by atoms with Gasteiger partial charge < -0.3 is 0 Å². The maximum atomic E-state index is 11.8. The topological polar surface area (TPSA) is 17.1 Å². The first kappa shape index (κ1) is 8.33. The van der Waals surface area contributed by atoms with Gasteiger partial charge in [-0.05, 0) is 13.8 Å². The average Bonchev–Trinajstić information content (AvgIpc) is 1.67. The van der Waals surface area contributed by atoms with Crippen molar-refractivity contribution in [1.82, 2.24) is 0 Å². The molecule has 0 aliphatic carbocycles. The highest BCUT2D eigenvalue weighted by Crippen LogP contribution is 2.20. The molecule has 0 aromatic heterocycles. The second-order valence-electron chi connectivity index (χ2n) is 2.29. The van der Waals surface area contributed by atoms with E-state index in [2.05, 4.69) is 0 Å². The SMILES string of the molecule is CC(C)(CF)C(=O)I. The molecule has 0 saturated heterocycles. The van der Waals surface area contributed by atoms with Crippen LogP contribution in [0.5, 0.6) is 0 Å². The van der Waals surface area contributed by atoms with Crippen LogP contribution in [-0.4, -0.2) is 10.5 Å². The summed E-state index contributed by atoms with van der Waals surface area (Å²) in [5.74, 6) is 0. The lowest BCUT2D eigenvalue weighted by Crippen LogP contribution is -2.20. The van der Waals surface area contributed by atoms with Crippen LogP contribution in [0.1, 0.15) is 13.8 Å². The molecule has 0 saturated carbocycles. The van der Waals surface area contributed by atoms with E-state index >= 15 is 0 Å². The van der Waals surface area contributed by atoms with E-state index in [1.807, 2.05) is 0 Å². The highest BCUT2D eigenvalue weighted by molar-refractivity contribution is 14.1. The molecule has 0 heterocycles. The number of halogens is 2. The minimum Gasteiger partial charge on any atom is -0.287 e. The molecule has 1 nitrogen and oxygen atoms in total. The van der Waals surface area contributed by atoms with Crippen molar-refractivity contribution in [2.24, 2.45) is 5.41 Å². The zero-order valence-electron chi connectivity index (χ0n) is 4.87. The van der Waals surface area contributed by atoms with Crippen molar-refractivity contribution in [2.75, 3.05) is 6.67 Å². The van der Waals surface area contributed by atoms with Crippen LogP contribution in [-0.2, 0) is 4.79 Å². The third-order valence-electron chi connectivity index (χ3n) is 0.866. The second-order valence-corrected chi connectivity index (χ2v) is 3.27. The molecular weight excluding hydrogens is 222 g/mol. The van der Waals surface area contributed by atoms with Crippen LogP contribution < -0.4 is 0 Å². The summed E-state index contributed by atoms with van der Waals surface area (Å²) in [6.07, 6.45) is 0. The number of hydrogen-bond donors (Lipinski definition) is 0. The van der Waals surface area contributed by atoms with Gasteiger partial charge in [-0.25, -0.2) is 4.39 Å². The Bertz CT molecular complexity index is 101. The van der Waals surface area contributed by atoms with Crippen molar-refractivity contribution in [3.05, 3.63) is 0 Å². The van der Waals surface area contributed by atoms with E-state index in [4.69, 9.17) is 0 Å². The molecule has 8 heavy (non-hydrogen) atoms. The molecule has 0 N–H and O–H groups in total. The Morgan fingerprint density at radius 3 is 2.12 bits per heavy atom. The summed E-state index contributed by atoms with van der Waals surface area (Å²) in [5.41, 5.74) is -0.777. The molecule has 0 rings (SSSR count). The van der Waals surface area contributed by atoms with Crippen LogP contribution in [0.3, 0.4) is 0 Å². The number of carbonyl (C=O) groups excluding carboxylic acids is 1. The lowest BCUT2D eigenvalue weighted by Gasteiger charge is -2.12. The zero-order valence-corrected chi connectivity index (χ0v) is 7.03. The zero-order chi connectivity index (χ0) is 6.78. The standard InChI is InChI=1S/C5H8FIO/c1-5(2,3-6)4(7)8/h3H2,1-2H3. The number of rotatable bonds is 2. The van der Waals surface area contributed by atoms with Crippen molar-refractivity contribution in [3.8, 4) is 0 Å². The lowest BCUT2D eigenvalue weighted by molar-refractivity contribution is -0.117. The molecule has 0 aliphatic rings. The van der Waals surface area contributed by atoms with Crippen molar-refractivity contribution in [3.63, 3.8) is 0 Å². The molecule has 0 atom stereocenters. The molecule has 3 heteroatoms. The number of hydrogen-bond acceptors (Lipinski definition) is 1.